The highest BCUT2D eigenvalue weighted by molar-refractivity contribution is 5.85. The van der Waals surface area contributed by atoms with Gasteiger partial charge in [-0.3, -0.25) is 4.90 Å². The van der Waals surface area contributed by atoms with Crippen molar-refractivity contribution in [3.63, 3.8) is 0 Å². The number of furan rings is 1. The Bertz CT molecular complexity index is 552. The molecule has 1 aromatic heterocycles. The lowest BCUT2D eigenvalue weighted by atomic mass is 10.1. The van der Waals surface area contributed by atoms with E-state index in [-0.39, 0.29) is 12.4 Å². The van der Waals surface area contributed by atoms with Crippen molar-refractivity contribution in [3.05, 3.63) is 35.6 Å². The molecule has 1 aromatic carbocycles. The van der Waals surface area contributed by atoms with E-state index in [2.05, 4.69) is 24.0 Å². The summed E-state index contributed by atoms with van der Waals surface area (Å²) in [6, 6.07) is 8.29. The molecule has 0 radical (unpaired) electrons. The summed E-state index contributed by atoms with van der Waals surface area (Å²) < 4.78 is 5.81. The van der Waals surface area contributed by atoms with E-state index in [0.717, 1.165) is 37.5 Å². The Morgan fingerprint density at radius 3 is 2.89 bits per heavy atom. The fourth-order valence-corrected chi connectivity index (χ4v) is 2.89. The summed E-state index contributed by atoms with van der Waals surface area (Å²) in [5.74, 6) is 1.72. The van der Waals surface area contributed by atoms with E-state index in [9.17, 15) is 0 Å². The van der Waals surface area contributed by atoms with E-state index in [0.29, 0.717) is 5.92 Å². The van der Waals surface area contributed by atoms with Gasteiger partial charge in [0.25, 0.3) is 0 Å². The van der Waals surface area contributed by atoms with Crippen molar-refractivity contribution in [2.24, 2.45) is 11.7 Å². The maximum Gasteiger partial charge on any atom is 0.134 e. The summed E-state index contributed by atoms with van der Waals surface area (Å²) >= 11 is 0. The van der Waals surface area contributed by atoms with Crippen LogP contribution >= 0.6 is 12.4 Å². The van der Waals surface area contributed by atoms with E-state index in [1.54, 1.807) is 0 Å². The van der Waals surface area contributed by atoms with Crippen LogP contribution in [0, 0.1) is 12.8 Å². The number of aryl methyl sites for hydroxylation is 1. The Morgan fingerprint density at radius 2 is 2.16 bits per heavy atom. The number of rotatable bonds is 3. The number of nitrogens with zero attached hydrogens (tertiary/aromatic N) is 1. The average molecular weight is 281 g/mol. The molecule has 2 aromatic rings. The van der Waals surface area contributed by atoms with Gasteiger partial charge in [0, 0.05) is 24.0 Å². The van der Waals surface area contributed by atoms with Crippen LogP contribution in [0.5, 0.6) is 0 Å². The van der Waals surface area contributed by atoms with Gasteiger partial charge in [0.2, 0.25) is 0 Å². The number of para-hydroxylation sites is 1. The van der Waals surface area contributed by atoms with Crippen LogP contribution in [-0.4, -0.2) is 24.5 Å². The van der Waals surface area contributed by atoms with Crippen molar-refractivity contribution in [1.82, 2.24) is 4.90 Å². The molecule has 0 amide bonds. The van der Waals surface area contributed by atoms with Crippen LogP contribution in [0.3, 0.4) is 0 Å². The van der Waals surface area contributed by atoms with Crippen molar-refractivity contribution in [2.75, 3.05) is 19.6 Å². The Balaban J connectivity index is 0.00000133. The van der Waals surface area contributed by atoms with Crippen LogP contribution < -0.4 is 5.73 Å². The maximum absolute atomic E-state index is 5.81. The molecule has 1 saturated heterocycles. The van der Waals surface area contributed by atoms with Crippen molar-refractivity contribution >= 4 is 23.4 Å². The Morgan fingerprint density at radius 1 is 1.37 bits per heavy atom. The predicted octanol–water partition coefficient (Wildman–Crippen LogP) is 2.94. The van der Waals surface area contributed by atoms with E-state index in [1.807, 2.05) is 12.1 Å². The van der Waals surface area contributed by atoms with E-state index >= 15 is 0 Å². The fourth-order valence-electron chi connectivity index (χ4n) is 2.89. The third-order valence-electron chi connectivity index (χ3n) is 3.99. The lowest BCUT2D eigenvalue weighted by molar-refractivity contribution is 0.316. The first kappa shape index (κ1) is 14.4. The first-order valence-electron chi connectivity index (χ1n) is 6.67. The molecular formula is C15H21ClN2O. The molecule has 1 atom stereocenters. The number of fused-ring (bicyclic) bond motifs is 1. The molecule has 1 aliphatic heterocycles. The third-order valence-corrected chi connectivity index (χ3v) is 3.99. The highest BCUT2D eigenvalue weighted by Crippen LogP contribution is 2.28. The van der Waals surface area contributed by atoms with Gasteiger partial charge in [0.1, 0.15) is 11.3 Å². The second-order valence-corrected chi connectivity index (χ2v) is 5.26. The van der Waals surface area contributed by atoms with Gasteiger partial charge in [-0.15, -0.1) is 12.4 Å². The number of hydrogen-bond donors (Lipinski definition) is 1. The second-order valence-electron chi connectivity index (χ2n) is 5.26. The summed E-state index contributed by atoms with van der Waals surface area (Å²) in [7, 11) is 0. The Hall–Kier alpha value is -1.03. The molecule has 3 rings (SSSR count). The number of benzene rings is 1. The lowest BCUT2D eigenvalue weighted by Gasteiger charge is -2.15. The quantitative estimate of drug-likeness (QED) is 0.940. The molecule has 0 aliphatic carbocycles. The average Bonchev–Trinajstić information content (AvgIpc) is 2.96. The van der Waals surface area contributed by atoms with Gasteiger partial charge in [-0.05, 0) is 38.4 Å². The first-order chi connectivity index (χ1) is 8.78. The largest absolute Gasteiger partial charge is 0.461 e. The van der Waals surface area contributed by atoms with Gasteiger partial charge < -0.3 is 10.2 Å². The standard InChI is InChI=1S/C15H20N2O.ClH/c1-11-14(10-17-7-6-12(8-16)9-17)13-4-2-3-5-15(13)18-11;/h2-5,12H,6-10,16H2,1H3;1H. The summed E-state index contributed by atoms with van der Waals surface area (Å²) in [5, 5.41) is 1.26. The third kappa shape index (κ3) is 2.78. The van der Waals surface area contributed by atoms with E-state index in [4.69, 9.17) is 10.2 Å². The van der Waals surface area contributed by atoms with Crippen molar-refractivity contribution < 1.29 is 4.42 Å². The van der Waals surface area contributed by atoms with Gasteiger partial charge in [0.15, 0.2) is 0 Å². The van der Waals surface area contributed by atoms with Crippen LogP contribution in [0.25, 0.3) is 11.0 Å². The minimum Gasteiger partial charge on any atom is -0.461 e. The molecule has 1 fully saturated rings. The van der Waals surface area contributed by atoms with E-state index in [1.165, 1.54) is 17.4 Å². The smallest absolute Gasteiger partial charge is 0.134 e. The topological polar surface area (TPSA) is 42.4 Å². The molecule has 4 heteroatoms. The zero-order chi connectivity index (χ0) is 12.5. The number of nitrogens with two attached hydrogens (primary N) is 1. The minimum absolute atomic E-state index is 0. The van der Waals surface area contributed by atoms with Crippen LogP contribution in [0.1, 0.15) is 17.7 Å². The number of halogens is 1. The molecule has 0 saturated carbocycles. The van der Waals surface area contributed by atoms with Gasteiger partial charge >= 0.3 is 0 Å². The van der Waals surface area contributed by atoms with Crippen molar-refractivity contribution in [1.29, 1.82) is 0 Å². The van der Waals surface area contributed by atoms with Crippen LogP contribution in [0.4, 0.5) is 0 Å². The molecule has 104 valence electrons. The van der Waals surface area contributed by atoms with Crippen LogP contribution in [-0.2, 0) is 6.54 Å². The Kier molecular flexibility index (Phi) is 4.50. The molecular weight excluding hydrogens is 260 g/mol. The highest BCUT2D eigenvalue weighted by Gasteiger charge is 2.23. The molecule has 3 nitrogen and oxygen atoms in total. The SMILES string of the molecule is Cc1oc2ccccc2c1CN1CCC(CN)C1.Cl. The van der Waals surface area contributed by atoms with Crippen molar-refractivity contribution in [2.45, 2.75) is 19.9 Å². The molecule has 19 heavy (non-hydrogen) atoms. The fraction of sp³-hybridized carbons (Fsp3) is 0.467. The summed E-state index contributed by atoms with van der Waals surface area (Å²) in [6.07, 6.45) is 1.23. The zero-order valence-corrected chi connectivity index (χ0v) is 12.1. The summed E-state index contributed by atoms with van der Waals surface area (Å²) in [4.78, 5) is 2.49. The summed E-state index contributed by atoms with van der Waals surface area (Å²) in [5.41, 5.74) is 8.08. The minimum atomic E-state index is 0. The van der Waals surface area contributed by atoms with Gasteiger partial charge in [-0.2, -0.15) is 0 Å². The van der Waals surface area contributed by atoms with Gasteiger partial charge in [-0.25, -0.2) is 0 Å². The van der Waals surface area contributed by atoms with Crippen molar-refractivity contribution in [3.8, 4) is 0 Å². The van der Waals surface area contributed by atoms with Crippen LogP contribution in [0.2, 0.25) is 0 Å². The van der Waals surface area contributed by atoms with Crippen LogP contribution in [0.15, 0.2) is 28.7 Å². The molecule has 2 N–H and O–H groups in total. The number of hydrogen-bond acceptors (Lipinski definition) is 3. The monoisotopic (exact) mass is 280 g/mol. The van der Waals surface area contributed by atoms with E-state index < -0.39 is 0 Å². The number of likely N-dealkylation sites (tertiary alicyclic amines) is 1. The predicted molar refractivity (Wildman–Crippen MR) is 80.6 cm³/mol. The molecule has 0 bridgehead atoms. The van der Waals surface area contributed by atoms with Gasteiger partial charge in [0.05, 0.1) is 0 Å². The highest BCUT2D eigenvalue weighted by atomic mass is 35.5. The van der Waals surface area contributed by atoms with Gasteiger partial charge in [-0.1, -0.05) is 18.2 Å². The Labute approximate surface area is 120 Å². The lowest BCUT2D eigenvalue weighted by Crippen LogP contribution is -2.22. The maximum atomic E-state index is 5.81. The molecule has 1 unspecified atom stereocenters. The molecule has 1 aliphatic rings. The molecule has 2 heterocycles. The second kappa shape index (κ2) is 5.95. The first-order valence-corrected chi connectivity index (χ1v) is 6.67. The zero-order valence-electron chi connectivity index (χ0n) is 11.3. The normalized spacial score (nSPS) is 19.8. The summed E-state index contributed by atoms with van der Waals surface area (Å²) in [6.45, 7) is 6.13. The molecule has 0 spiro atoms.